The molecular formula is C21H14N2O2. The summed E-state index contributed by atoms with van der Waals surface area (Å²) in [5.74, 6) is 0.162. The largest absolute Gasteiger partial charge is 0.436 e. The van der Waals surface area contributed by atoms with Gasteiger partial charge in [0.25, 0.3) is 0 Å². The Balaban J connectivity index is 1.86. The summed E-state index contributed by atoms with van der Waals surface area (Å²) in [6, 6.07) is 20.3. The lowest BCUT2D eigenvalue weighted by molar-refractivity contribution is 0.105. The second-order valence-corrected chi connectivity index (χ2v) is 5.53. The number of Topliss-reactive ketones (excluding diaryl/α,β-unsaturated/α-hetero) is 1. The zero-order valence-corrected chi connectivity index (χ0v) is 13.3. The molecule has 0 saturated heterocycles. The number of para-hydroxylation sites is 2. The minimum atomic E-state index is -0.143. The van der Waals surface area contributed by atoms with E-state index in [1.54, 1.807) is 30.6 Å². The molecule has 0 atom stereocenters. The molecule has 4 heteroatoms. The van der Waals surface area contributed by atoms with Crippen molar-refractivity contribution in [2.45, 2.75) is 0 Å². The van der Waals surface area contributed by atoms with Gasteiger partial charge in [-0.15, -0.1) is 0 Å². The van der Waals surface area contributed by atoms with Crippen molar-refractivity contribution in [1.29, 1.82) is 0 Å². The molecule has 25 heavy (non-hydrogen) atoms. The molecule has 2 aromatic carbocycles. The number of fused-ring (bicyclic) bond motifs is 1. The summed E-state index contributed by atoms with van der Waals surface area (Å²) in [7, 11) is 0. The molecule has 4 aromatic rings. The Morgan fingerprint density at radius 2 is 1.72 bits per heavy atom. The van der Waals surface area contributed by atoms with Crippen LogP contribution in [0.3, 0.4) is 0 Å². The highest BCUT2D eigenvalue weighted by Crippen LogP contribution is 2.25. The zero-order valence-electron chi connectivity index (χ0n) is 13.3. The molecule has 0 saturated carbocycles. The third kappa shape index (κ3) is 3.10. The number of nitrogens with zero attached hydrogens (tertiary/aromatic N) is 2. The molecule has 0 spiro atoms. The third-order valence-corrected chi connectivity index (χ3v) is 3.80. The van der Waals surface area contributed by atoms with Crippen LogP contribution in [0.25, 0.3) is 22.7 Å². The van der Waals surface area contributed by atoms with E-state index in [0.29, 0.717) is 22.6 Å². The van der Waals surface area contributed by atoms with Crippen molar-refractivity contribution < 1.29 is 9.21 Å². The van der Waals surface area contributed by atoms with Gasteiger partial charge < -0.3 is 4.42 Å². The lowest BCUT2D eigenvalue weighted by Crippen LogP contribution is -2.03. The molecule has 0 radical (unpaired) electrons. The average molecular weight is 326 g/mol. The van der Waals surface area contributed by atoms with E-state index in [1.165, 1.54) is 0 Å². The fraction of sp³-hybridized carbons (Fsp3) is 0. The van der Waals surface area contributed by atoms with Gasteiger partial charge in [-0.1, -0.05) is 48.5 Å². The zero-order chi connectivity index (χ0) is 17.1. The van der Waals surface area contributed by atoms with E-state index in [1.807, 2.05) is 54.6 Å². The van der Waals surface area contributed by atoms with Crippen LogP contribution in [0, 0.1) is 0 Å². The van der Waals surface area contributed by atoms with Crippen LogP contribution in [0.2, 0.25) is 0 Å². The Kier molecular flexibility index (Phi) is 3.92. The first kappa shape index (κ1) is 15.0. The van der Waals surface area contributed by atoms with Gasteiger partial charge in [0.05, 0.1) is 5.57 Å². The SMILES string of the molecule is O=C(/C(=C\c1cccnc1)c1nc2ccccc2o1)c1ccccc1. The Labute approximate surface area is 144 Å². The lowest BCUT2D eigenvalue weighted by Gasteiger charge is -2.03. The molecule has 0 unspecified atom stereocenters. The van der Waals surface area contributed by atoms with Crippen LogP contribution in [0.5, 0.6) is 0 Å². The predicted octanol–water partition coefficient (Wildman–Crippen LogP) is 4.65. The van der Waals surface area contributed by atoms with Gasteiger partial charge in [-0.25, -0.2) is 4.98 Å². The predicted molar refractivity (Wildman–Crippen MR) is 96.9 cm³/mol. The van der Waals surface area contributed by atoms with Gasteiger partial charge in [-0.2, -0.15) is 0 Å². The number of hydrogen-bond donors (Lipinski definition) is 0. The Morgan fingerprint density at radius 1 is 0.920 bits per heavy atom. The molecule has 120 valence electrons. The first-order chi connectivity index (χ1) is 12.3. The van der Waals surface area contributed by atoms with Crippen LogP contribution >= 0.6 is 0 Å². The molecule has 4 rings (SSSR count). The minimum absolute atomic E-state index is 0.143. The van der Waals surface area contributed by atoms with E-state index in [0.717, 1.165) is 11.1 Å². The minimum Gasteiger partial charge on any atom is -0.436 e. The van der Waals surface area contributed by atoms with Gasteiger partial charge in [0.15, 0.2) is 11.4 Å². The highest BCUT2D eigenvalue weighted by Gasteiger charge is 2.20. The number of carbonyl (C=O) groups excluding carboxylic acids is 1. The molecule has 0 amide bonds. The fourth-order valence-electron chi connectivity index (χ4n) is 2.58. The molecule has 0 aliphatic carbocycles. The normalized spacial score (nSPS) is 11.6. The van der Waals surface area contributed by atoms with Crippen molar-refractivity contribution in [3.05, 3.63) is 96.1 Å². The molecule has 0 bridgehead atoms. The topological polar surface area (TPSA) is 56.0 Å². The third-order valence-electron chi connectivity index (χ3n) is 3.80. The molecule has 2 aromatic heterocycles. The van der Waals surface area contributed by atoms with E-state index < -0.39 is 0 Å². The van der Waals surface area contributed by atoms with Crippen molar-refractivity contribution in [3.63, 3.8) is 0 Å². The van der Waals surface area contributed by atoms with Crippen LogP contribution in [-0.4, -0.2) is 15.8 Å². The summed E-state index contributed by atoms with van der Waals surface area (Å²) >= 11 is 0. The maximum atomic E-state index is 13.0. The average Bonchev–Trinajstić information content (AvgIpc) is 3.11. The quantitative estimate of drug-likeness (QED) is 0.405. The van der Waals surface area contributed by atoms with E-state index in [9.17, 15) is 4.79 Å². The second kappa shape index (κ2) is 6.53. The number of allylic oxidation sites excluding steroid dienone is 1. The Morgan fingerprint density at radius 3 is 2.48 bits per heavy atom. The molecule has 4 nitrogen and oxygen atoms in total. The maximum absolute atomic E-state index is 13.0. The van der Waals surface area contributed by atoms with Crippen LogP contribution in [0.4, 0.5) is 0 Å². The standard InChI is InChI=1S/C21H14N2O2/c24-20(16-8-2-1-3-9-16)17(13-15-7-6-12-22-14-15)21-23-18-10-4-5-11-19(18)25-21/h1-14H/b17-13+. The van der Waals surface area contributed by atoms with Crippen molar-refractivity contribution in [2.75, 3.05) is 0 Å². The number of aromatic nitrogens is 2. The molecule has 0 N–H and O–H groups in total. The monoisotopic (exact) mass is 326 g/mol. The van der Waals surface area contributed by atoms with Gasteiger partial charge in [-0.3, -0.25) is 9.78 Å². The van der Waals surface area contributed by atoms with Crippen molar-refractivity contribution >= 4 is 28.5 Å². The van der Waals surface area contributed by atoms with Gasteiger partial charge in [0.1, 0.15) is 5.52 Å². The molecular weight excluding hydrogens is 312 g/mol. The Bertz CT molecular complexity index is 1020. The number of hydrogen-bond acceptors (Lipinski definition) is 4. The number of pyridine rings is 1. The summed E-state index contributed by atoms with van der Waals surface area (Å²) in [6.45, 7) is 0. The van der Waals surface area contributed by atoms with E-state index in [2.05, 4.69) is 9.97 Å². The fourth-order valence-corrected chi connectivity index (χ4v) is 2.58. The summed E-state index contributed by atoms with van der Waals surface area (Å²) in [6.07, 6.45) is 5.14. The van der Waals surface area contributed by atoms with Crippen LogP contribution in [-0.2, 0) is 0 Å². The van der Waals surface area contributed by atoms with Crippen molar-refractivity contribution in [2.24, 2.45) is 0 Å². The summed E-state index contributed by atoms with van der Waals surface area (Å²) in [5, 5.41) is 0. The summed E-state index contributed by atoms with van der Waals surface area (Å²) < 4.78 is 5.82. The number of benzene rings is 2. The highest BCUT2D eigenvalue weighted by molar-refractivity contribution is 6.31. The maximum Gasteiger partial charge on any atom is 0.231 e. The molecule has 2 heterocycles. The van der Waals surface area contributed by atoms with Gasteiger partial charge in [-0.05, 0) is 29.8 Å². The number of carbonyl (C=O) groups is 1. The number of rotatable bonds is 4. The number of ketones is 1. The van der Waals surface area contributed by atoms with Crippen LogP contribution < -0.4 is 0 Å². The first-order valence-electron chi connectivity index (χ1n) is 7.89. The Hall–Kier alpha value is -3.53. The molecule has 0 aliphatic rings. The van der Waals surface area contributed by atoms with E-state index in [4.69, 9.17) is 4.42 Å². The van der Waals surface area contributed by atoms with Crippen molar-refractivity contribution in [3.8, 4) is 0 Å². The summed E-state index contributed by atoms with van der Waals surface area (Å²) in [5.41, 5.74) is 3.16. The summed E-state index contributed by atoms with van der Waals surface area (Å²) in [4.78, 5) is 21.6. The first-order valence-corrected chi connectivity index (χ1v) is 7.89. The molecule has 0 aliphatic heterocycles. The van der Waals surface area contributed by atoms with E-state index in [-0.39, 0.29) is 5.78 Å². The lowest BCUT2D eigenvalue weighted by atomic mass is 10.0. The molecule has 0 fully saturated rings. The van der Waals surface area contributed by atoms with E-state index >= 15 is 0 Å². The smallest absolute Gasteiger partial charge is 0.231 e. The van der Waals surface area contributed by atoms with Crippen molar-refractivity contribution in [1.82, 2.24) is 9.97 Å². The van der Waals surface area contributed by atoms with Gasteiger partial charge >= 0.3 is 0 Å². The second-order valence-electron chi connectivity index (χ2n) is 5.53. The number of oxazole rings is 1. The van der Waals surface area contributed by atoms with Crippen LogP contribution in [0.1, 0.15) is 21.8 Å². The highest BCUT2D eigenvalue weighted by atomic mass is 16.3. The van der Waals surface area contributed by atoms with Gasteiger partial charge in [0.2, 0.25) is 5.89 Å². The van der Waals surface area contributed by atoms with Crippen LogP contribution in [0.15, 0.2) is 83.5 Å². The van der Waals surface area contributed by atoms with Gasteiger partial charge in [0, 0.05) is 18.0 Å².